The van der Waals surface area contributed by atoms with Gasteiger partial charge in [-0.05, 0) is 36.6 Å². The number of anilines is 1. The summed E-state index contributed by atoms with van der Waals surface area (Å²) >= 11 is 0. The van der Waals surface area contributed by atoms with E-state index >= 15 is 0 Å². The third kappa shape index (κ3) is 1.84. The van der Waals surface area contributed by atoms with Gasteiger partial charge in [-0.3, -0.25) is 4.79 Å². The van der Waals surface area contributed by atoms with Gasteiger partial charge in [-0.1, -0.05) is 0 Å². The van der Waals surface area contributed by atoms with Crippen LogP contribution in [-0.2, 0) is 11.2 Å². The maximum atomic E-state index is 11.0. The number of hydrogen-bond acceptors (Lipinski definition) is 3. The average molecular weight is 233 g/mol. The Labute approximate surface area is 99.6 Å². The van der Waals surface area contributed by atoms with E-state index in [9.17, 15) is 4.79 Å². The fourth-order valence-electron chi connectivity index (χ4n) is 2.18. The molecule has 4 nitrogen and oxygen atoms in total. The lowest BCUT2D eigenvalue weighted by molar-refractivity contribution is -0.142. The Morgan fingerprint density at radius 1 is 1.47 bits per heavy atom. The molecule has 1 saturated carbocycles. The van der Waals surface area contributed by atoms with E-state index in [1.807, 2.05) is 12.1 Å². The number of carboxylic acids is 1. The first-order valence-corrected chi connectivity index (χ1v) is 5.93. The third-order valence-corrected chi connectivity index (χ3v) is 3.63. The SMILES string of the molecule is O=C(O)C1(CNc2ccc3c(c2)CCO3)CC1. The summed E-state index contributed by atoms with van der Waals surface area (Å²) in [6.45, 7) is 1.26. The Balaban J connectivity index is 1.68. The second-order valence-electron chi connectivity index (χ2n) is 4.86. The van der Waals surface area contributed by atoms with Crippen molar-refractivity contribution >= 4 is 11.7 Å². The van der Waals surface area contributed by atoms with Crippen molar-refractivity contribution in [2.75, 3.05) is 18.5 Å². The number of rotatable bonds is 4. The van der Waals surface area contributed by atoms with E-state index in [0.717, 1.165) is 37.3 Å². The van der Waals surface area contributed by atoms with Crippen molar-refractivity contribution in [3.63, 3.8) is 0 Å². The van der Waals surface area contributed by atoms with Gasteiger partial charge in [-0.15, -0.1) is 0 Å². The molecule has 3 rings (SSSR count). The topological polar surface area (TPSA) is 58.6 Å². The van der Waals surface area contributed by atoms with E-state index in [2.05, 4.69) is 11.4 Å². The van der Waals surface area contributed by atoms with Gasteiger partial charge in [0.25, 0.3) is 0 Å². The van der Waals surface area contributed by atoms with E-state index in [1.54, 1.807) is 0 Å². The minimum absolute atomic E-state index is 0.516. The largest absolute Gasteiger partial charge is 0.493 e. The van der Waals surface area contributed by atoms with Crippen LogP contribution in [0.15, 0.2) is 18.2 Å². The average Bonchev–Trinajstić information content (AvgIpc) is 2.98. The molecule has 90 valence electrons. The summed E-state index contributed by atoms with van der Waals surface area (Å²) in [6, 6.07) is 5.95. The van der Waals surface area contributed by atoms with Crippen LogP contribution in [0.25, 0.3) is 0 Å². The Hall–Kier alpha value is -1.71. The highest BCUT2D eigenvalue weighted by Gasteiger charge is 2.49. The first-order chi connectivity index (χ1) is 8.20. The molecule has 1 fully saturated rings. The van der Waals surface area contributed by atoms with Gasteiger partial charge in [0.2, 0.25) is 0 Å². The Kier molecular flexibility index (Phi) is 2.24. The molecule has 0 saturated heterocycles. The third-order valence-electron chi connectivity index (χ3n) is 3.63. The summed E-state index contributed by atoms with van der Waals surface area (Å²) < 4.78 is 5.43. The molecule has 1 heterocycles. The van der Waals surface area contributed by atoms with Crippen LogP contribution in [0.1, 0.15) is 18.4 Å². The highest BCUT2D eigenvalue weighted by atomic mass is 16.5. The van der Waals surface area contributed by atoms with Crippen LogP contribution in [0.3, 0.4) is 0 Å². The van der Waals surface area contributed by atoms with Crippen molar-refractivity contribution < 1.29 is 14.6 Å². The lowest BCUT2D eigenvalue weighted by Crippen LogP contribution is -2.24. The molecule has 1 aliphatic heterocycles. The van der Waals surface area contributed by atoms with Gasteiger partial charge >= 0.3 is 5.97 Å². The van der Waals surface area contributed by atoms with Gasteiger partial charge < -0.3 is 15.2 Å². The van der Waals surface area contributed by atoms with Crippen molar-refractivity contribution in [3.8, 4) is 5.75 Å². The lowest BCUT2D eigenvalue weighted by atomic mass is 10.1. The van der Waals surface area contributed by atoms with E-state index in [0.29, 0.717) is 6.54 Å². The molecule has 2 N–H and O–H groups in total. The fraction of sp³-hybridized carbons (Fsp3) is 0.462. The van der Waals surface area contributed by atoms with Crippen molar-refractivity contribution in [1.29, 1.82) is 0 Å². The molecule has 0 radical (unpaired) electrons. The van der Waals surface area contributed by atoms with Gasteiger partial charge in [0.05, 0.1) is 12.0 Å². The standard InChI is InChI=1S/C13H15NO3/c15-12(16)13(4-5-13)8-14-10-1-2-11-9(7-10)3-6-17-11/h1-2,7,14H,3-6,8H2,(H,15,16). The van der Waals surface area contributed by atoms with Crippen molar-refractivity contribution in [3.05, 3.63) is 23.8 Å². The van der Waals surface area contributed by atoms with Gasteiger partial charge in [-0.25, -0.2) is 0 Å². The molecule has 0 amide bonds. The highest BCUT2D eigenvalue weighted by Crippen LogP contribution is 2.45. The van der Waals surface area contributed by atoms with E-state index < -0.39 is 11.4 Å². The Morgan fingerprint density at radius 3 is 3.00 bits per heavy atom. The number of fused-ring (bicyclic) bond motifs is 1. The van der Waals surface area contributed by atoms with Crippen molar-refractivity contribution in [2.45, 2.75) is 19.3 Å². The van der Waals surface area contributed by atoms with Crippen LogP contribution in [0.2, 0.25) is 0 Å². The normalized spacial score (nSPS) is 19.3. The molecule has 1 aromatic carbocycles. The second-order valence-corrected chi connectivity index (χ2v) is 4.86. The van der Waals surface area contributed by atoms with Gasteiger partial charge in [0, 0.05) is 18.7 Å². The number of aliphatic carboxylic acids is 1. The first-order valence-electron chi connectivity index (χ1n) is 5.93. The molecule has 2 aliphatic rings. The van der Waals surface area contributed by atoms with Crippen LogP contribution in [0.5, 0.6) is 5.75 Å². The molecule has 1 aromatic rings. The molecule has 17 heavy (non-hydrogen) atoms. The molecular weight excluding hydrogens is 218 g/mol. The van der Waals surface area contributed by atoms with Crippen LogP contribution in [-0.4, -0.2) is 24.2 Å². The van der Waals surface area contributed by atoms with E-state index in [-0.39, 0.29) is 0 Å². The molecule has 0 bridgehead atoms. The first kappa shape index (κ1) is 10.4. The summed E-state index contributed by atoms with van der Waals surface area (Å²) in [5.74, 6) is 0.268. The number of nitrogens with one attached hydrogen (secondary N) is 1. The summed E-state index contributed by atoms with van der Waals surface area (Å²) in [5, 5.41) is 12.3. The summed E-state index contributed by atoms with van der Waals surface area (Å²) in [5.41, 5.74) is 1.67. The minimum Gasteiger partial charge on any atom is -0.493 e. The Bertz CT molecular complexity index is 466. The maximum absolute atomic E-state index is 11.0. The molecule has 0 unspecified atom stereocenters. The van der Waals surface area contributed by atoms with Crippen LogP contribution in [0.4, 0.5) is 5.69 Å². The summed E-state index contributed by atoms with van der Waals surface area (Å²) in [4.78, 5) is 11.0. The zero-order chi connectivity index (χ0) is 11.9. The molecule has 0 spiro atoms. The monoisotopic (exact) mass is 233 g/mol. The molecule has 1 aliphatic carbocycles. The summed E-state index contributed by atoms with van der Waals surface area (Å²) in [7, 11) is 0. The van der Waals surface area contributed by atoms with Crippen molar-refractivity contribution in [1.82, 2.24) is 0 Å². The quantitative estimate of drug-likeness (QED) is 0.833. The molecular formula is C13H15NO3. The molecule has 0 aromatic heterocycles. The highest BCUT2D eigenvalue weighted by molar-refractivity contribution is 5.78. The predicted octanol–water partition coefficient (Wildman–Crippen LogP) is 1.90. The minimum atomic E-state index is -0.686. The molecule has 0 atom stereocenters. The number of benzene rings is 1. The van der Waals surface area contributed by atoms with E-state index in [1.165, 1.54) is 5.56 Å². The zero-order valence-electron chi connectivity index (χ0n) is 9.53. The fourth-order valence-corrected chi connectivity index (χ4v) is 2.18. The number of hydrogen-bond donors (Lipinski definition) is 2. The van der Waals surface area contributed by atoms with Crippen LogP contribution >= 0.6 is 0 Å². The lowest BCUT2D eigenvalue weighted by Gasteiger charge is -2.12. The van der Waals surface area contributed by atoms with Gasteiger partial charge in [0.15, 0.2) is 0 Å². The van der Waals surface area contributed by atoms with Crippen LogP contribution in [0, 0.1) is 5.41 Å². The maximum Gasteiger partial charge on any atom is 0.311 e. The molecule has 4 heteroatoms. The van der Waals surface area contributed by atoms with Gasteiger partial charge in [0.1, 0.15) is 5.75 Å². The van der Waals surface area contributed by atoms with Crippen LogP contribution < -0.4 is 10.1 Å². The smallest absolute Gasteiger partial charge is 0.311 e. The predicted molar refractivity (Wildman–Crippen MR) is 63.4 cm³/mol. The number of ether oxygens (including phenoxy) is 1. The Morgan fingerprint density at radius 2 is 2.29 bits per heavy atom. The zero-order valence-corrected chi connectivity index (χ0v) is 9.53. The summed E-state index contributed by atoms with van der Waals surface area (Å²) in [6.07, 6.45) is 2.50. The number of carboxylic acid groups (broad SMARTS) is 1. The van der Waals surface area contributed by atoms with E-state index in [4.69, 9.17) is 9.84 Å². The second kappa shape index (κ2) is 3.65. The van der Waals surface area contributed by atoms with Gasteiger partial charge in [-0.2, -0.15) is 0 Å². The van der Waals surface area contributed by atoms with Crippen molar-refractivity contribution in [2.24, 2.45) is 5.41 Å². The number of carbonyl (C=O) groups is 1.